The number of piperidine rings is 1. The summed E-state index contributed by atoms with van der Waals surface area (Å²) in [6.07, 6.45) is 2.59. The Hall–Kier alpha value is -2.33. The summed E-state index contributed by atoms with van der Waals surface area (Å²) in [5.41, 5.74) is 2.06. The largest absolute Gasteiger partial charge is 0.322 e. The number of hydrogen-bond donors (Lipinski definition) is 1. The van der Waals surface area contributed by atoms with Gasteiger partial charge in [0.05, 0.1) is 0 Å². The molecule has 118 valence electrons. The maximum atomic E-state index is 12.2. The van der Waals surface area contributed by atoms with Crippen LogP contribution in [0.1, 0.15) is 29.6 Å². The Morgan fingerprint density at radius 1 is 1.09 bits per heavy atom. The molecule has 1 aliphatic heterocycles. The van der Waals surface area contributed by atoms with Crippen LogP contribution in [0.4, 0.5) is 11.4 Å². The molecule has 23 heavy (non-hydrogen) atoms. The van der Waals surface area contributed by atoms with Crippen LogP contribution in [0.3, 0.4) is 0 Å². The first-order valence-corrected chi connectivity index (χ1v) is 7.98. The third-order valence-corrected chi connectivity index (χ3v) is 4.08. The van der Waals surface area contributed by atoms with E-state index in [9.17, 15) is 9.59 Å². The first-order valence-electron chi connectivity index (χ1n) is 7.61. The number of nitrogens with zero attached hydrogens (tertiary/aromatic N) is 1. The van der Waals surface area contributed by atoms with Crippen molar-refractivity contribution in [3.63, 3.8) is 0 Å². The van der Waals surface area contributed by atoms with E-state index in [0.717, 1.165) is 25.1 Å². The van der Waals surface area contributed by atoms with Crippen LogP contribution in [-0.2, 0) is 4.79 Å². The fraction of sp³-hybridized carbons (Fsp3) is 0.222. The minimum atomic E-state index is -0.214. The van der Waals surface area contributed by atoms with Crippen LogP contribution in [0.2, 0.25) is 5.02 Å². The molecule has 0 atom stereocenters. The summed E-state index contributed by atoms with van der Waals surface area (Å²) in [4.78, 5) is 25.9. The minimum Gasteiger partial charge on any atom is -0.322 e. The third kappa shape index (κ3) is 3.71. The third-order valence-electron chi connectivity index (χ3n) is 3.85. The van der Waals surface area contributed by atoms with Crippen molar-refractivity contribution in [2.75, 3.05) is 16.8 Å². The number of anilines is 2. The van der Waals surface area contributed by atoms with Crippen molar-refractivity contribution in [2.45, 2.75) is 19.3 Å². The summed E-state index contributed by atoms with van der Waals surface area (Å²) < 4.78 is 0. The molecule has 1 N–H and O–H groups in total. The van der Waals surface area contributed by atoms with Crippen LogP contribution in [0.5, 0.6) is 0 Å². The van der Waals surface area contributed by atoms with Crippen molar-refractivity contribution in [3.05, 3.63) is 59.1 Å². The molecule has 1 fully saturated rings. The van der Waals surface area contributed by atoms with E-state index in [1.807, 2.05) is 12.1 Å². The molecule has 0 aromatic heterocycles. The highest BCUT2D eigenvalue weighted by molar-refractivity contribution is 6.31. The molecule has 0 radical (unpaired) electrons. The highest BCUT2D eigenvalue weighted by Crippen LogP contribution is 2.23. The van der Waals surface area contributed by atoms with Crippen molar-refractivity contribution in [2.24, 2.45) is 0 Å². The van der Waals surface area contributed by atoms with Crippen LogP contribution in [0.15, 0.2) is 48.5 Å². The van der Waals surface area contributed by atoms with Crippen LogP contribution in [0.25, 0.3) is 0 Å². The van der Waals surface area contributed by atoms with Gasteiger partial charge in [0, 0.05) is 34.9 Å². The molecule has 0 bridgehead atoms. The fourth-order valence-electron chi connectivity index (χ4n) is 2.64. The van der Waals surface area contributed by atoms with E-state index in [2.05, 4.69) is 5.32 Å². The molecule has 4 nitrogen and oxygen atoms in total. The van der Waals surface area contributed by atoms with Crippen molar-refractivity contribution in [1.82, 2.24) is 0 Å². The van der Waals surface area contributed by atoms with Crippen LogP contribution >= 0.6 is 11.6 Å². The topological polar surface area (TPSA) is 49.4 Å². The van der Waals surface area contributed by atoms with E-state index in [1.54, 1.807) is 41.3 Å². The first-order chi connectivity index (χ1) is 11.1. The van der Waals surface area contributed by atoms with Gasteiger partial charge in [0.25, 0.3) is 5.91 Å². The SMILES string of the molecule is O=C(Nc1ccc(N2CCCCC2=O)cc1)c1cccc(Cl)c1. The lowest BCUT2D eigenvalue weighted by Crippen LogP contribution is -2.35. The highest BCUT2D eigenvalue weighted by atomic mass is 35.5. The average molecular weight is 329 g/mol. The van der Waals surface area contributed by atoms with Crippen LogP contribution < -0.4 is 10.2 Å². The Bertz CT molecular complexity index is 728. The lowest BCUT2D eigenvalue weighted by Gasteiger charge is -2.26. The van der Waals surface area contributed by atoms with E-state index < -0.39 is 0 Å². The second-order valence-electron chi connectivity index (χ2n) is 5.51. The number of amides is 2. The van der Waals surface area contributed by atoms with Crippen molar-refractivity contribution < 1.29 is 9.59 Å². The summed E-state index contributed by atoms with van der Waals surface area (Å²) in [5.74, 6) is -0.0544. The molecule has 2 aromatic carbocycles. The maximum absolute atomic E-state index is 12.2. The van der Waals surface area contributed by atoms with E-state index in [1.165, 1.54) is 0 Å². The molecule has 0 spiro atoms. The predicted molar refractivity (Wildman–Crippen MR) is 92.1 cm³/mol. The Balaban J connectivity index is 1.70. The van der Waals surface area contributed by atoms with Gasteiger partial charge in [-0.15, -0.1) is 0 Å². The van der Waals surface area contributed by atoms with E-state index >= 15 is 0 Å². The molecule has 1 aliphatic rings. The Labute approximate surface area is 140 Å². The molecule has 0 unspecified atom stereocenters. The number of benzene rings is 2. The monoisotopic (exact) mass is 328 g/mol. The van der Waals surface area contributed by atoms with Crippen LogP contribution in [-0.4, -0.2) is 18.4 Å². The number of nitrogens with one attached hydrogen (secondary N) is 1. The second-order valence-corrected chi connectivity index (χ2v) is 5.95. The predicted octanol–water partition coefficient (Wildman–Crippen LogP) is 4.11. The zero-order chi connectivity index (χ0) is 16.2. The zero-order valence-electron chi connectivity index (χ0n) is 12.6. The number of hydrogen-bond acceptors (Lipinski definition) is 2. The number of halogens is 1. The Morgan fingerprint density at radius 2 is 1.87 bits per heavy atom. The zero-order valence-corrected chi connectivity index (χ0v) is 13.3. The molecule has 3 rings (SSSR count). The molecule has 0 aliphatic carbocycles. The Kier molecular flexibility index (Phi) is 4.63. The summed E-state index contributed by atoms with van der Waals surface area (Å²) in [6, 6.07) is 14.1. The molecular formula is C18H17ClN2O2. The quantitative estimate of drug-likeness (QED) is 0.921. The molecule has 5 heteroatoms. The van der Waals surface area contributed by atoms with Gasteiger partial charge in [-0.2, -0.15) is 0 Å². The summed E-state index contributed by atoms with van der Waals surface area (Å²) >= 11 is 5.89. The van der Waals surface area contributed by atoms with Gasteiger partial charge in [-0.3, -0.25) is 9.59 Å². The average Bonchev–Trinajstić information content (AvgIpc) is 2.56. The molecule has 1 saturated heterocycles. The summed E-state index contributed by atoms with van der Waals surface area (Å²) in [7, 11) is 0. The number of carbonyl (C=O) groups excluding carboxylic acids is 2. The van der Waals surface area contributed by atoms with Gasteiger partial charge in [0.2, 0.25) is 5.91 Å². The van der Waals surface area contributed by atoms with Crippen molar-refractivity contribution in [1.29, 1.82) is 0 Å². The van der Waals surface area contributed by atoms with Crippen molar-refractivity contribution >= 4 is 34.8 Å². The fourth-order valence-corrected chi connectivity index (χ4v) is 2.83. The molecule has 1 heterocycles. The maximum Gasteiger partial charge on any atom is 0.255 e. The second kappa shape index (κ2) is 6.84. The van der Waals surface area contributed by atoms with Gasteiger partial charge in [0.15, 0.2) is 0 Å². The summed E-state index contributed by atoms with van der Waals surface area (Å²) in [6.45, 7) is 0.757. The van der Waals surface area contributed by atoms with Gasteiger partial charge >= 0.3 is 0 Å². The standard InChI is InChI=1S/C18H17ClN2O2/c19-14-5-3-4-13(12-14)18(23)20-15-7-9-16(10-8-15)21-11-2-1-6-17(21)22/h3-5,7-10,12H,1-2,6,11H2,(H,20,23). The highest BCUT2D eigenvalue weighted by Gasteiger charge is 2.19. The molecule has 2 amide bonds. The van der Waals surface area contributed by atoms with E-state index in [0.29, 0.717) is 22.7 Å². The van der Waals surface area contributed by atoms with Gasteiger partial charge < -0.3 is 10.2 Å². The first kappa shape index (κ1) is 15.6. The normalized spacial score (nSPS) is 14.7. The molecule has 0 saturated carbocycles. The minimum absolute atomic E-state index is 0.159. The van der Waals surface area contributed by atoms with E-state index in [-0.39, 0.29) is 11.8 Å². The lowest BCUT2D eigenvalue weighted by molar-refractivity contribution is -0.119. The van der Waals surface area contributed by atoms with Gasteiger partial charge in [-0.25, -0.2) is 0 Å². The lowest BCUT2D eigenvalue weighted by atomic mass is 10.1. The number of rotatable bonds is 3. The van der Waals surface area contributed by atoms with E-state index in [4.69, 9.17) is 11.6 Å². The van der Waals surface area contributed by atoms with Gasteiger partial charge in [-0.05, 0) is 55.3 Å². The van der Waals surface area contributed by atoms with Gasteiger partial charge in [0.1, 0.15) is 0 Å². The summed E-state index contributed by atoms with van der Waals surface area (Å²) in [5, 5.41) is 3.35. The van der Waals surface area contributed by atoms with Crippen molar-refractivity contribution in [3.8, 4) is 0 Å². The number of carbonyl (C=O) groups is 2. The Morgan fingerprint density at radius 3 is 2.57 bits per heavy atom. The molecular weight excluding hydrogens is 312 g/mol. The molecule has 2 aromatic rings. The van der Waals surface area contributed by atoms with Crippen LogP contribution in [0, 0.1) is 0 Å². The smallest absolute Gasteiger partial charge is 0.255 e. The van der Waals surface area contributed by atoms with Gasteiger partial charge in [-0.1, -0.05) is 17.7 Å².